The van der Waals surface area contributed by atoms with Gasteiger partial charge in [0, 0.05) is 13.1 Å². The number of halogens is 1. The number of hydrogen-bond acceptors (Lipinski definition) is 1. The molecule has 0 heterocycles. The van der Waals surface area contributed by atoms with Crippen LogP contribution in [0.15, 0.2) is 12.3 Å². The molecular formula is C9H20ClN. The van der Waals surface area contributed by atoms with Crippen molar-refractivity contribution in [3.63, 3.8) is 0 Å². The maximum absolute atomic E-state index is 2.36. The topological polar surface area (TPSA) is 3.24 Å². The van der Waals surface area contributed by atoms with Crippen molar-refractivity contribution in [3.05, 3.63) is 12.3 Å². The van der Waals surface area contributed by atoms with E-state index in [-0.39, 0.29) is 12.4 Å². The summed E-state index contributed by atoms with van der Waals surface area (Å²) < 4.78 is 0. The van der Waals surface area contributed by atoms with Gasteiger partial charge in [0.1, 0.15) is 0 Å². The van der Waals surface area contributed by atoms with Crippen LogP contribution in [-0.4, -0.2) is 18.0 Å². The zero-order chi connectivity index (χ0) is 7.82. The number of rotatable bonds is 5. The molecule has 0 aromatic heterocycles. The fourth-order valence-corrected chi connectivity index (χ4v) is 1.05. The Morgan fingerprint density at radius 3 is 1.82 bits per heavy atom. The van der Waals surface area contributed by atoms with Crippen molar-refractivity contribution in [3.8, 4) is 0 Å². The van der Waals surface area contributed by atoms with Gasteiger partial charge in [-0.15, -0.1) is 12.4 Å². The normalized spacial score (nSPS) is 9.73. The summed E-state index contributed by atoms with van der Waals surface area (Å²) in [6.07, 6.45) is 6.76. The van der Waals surface area contributed by atoms with Gasteiger partial charge in [-0.05, 0) is 26.0 Å². The summed E-state index contributed by atoms with van der Waals surface area (Å²) in [6, 6.07) is 0. The van der Waals surface area contributed by atoms with Crippen LogP contribution in [0.2, 0.25) is 0 Å². The van der Waals surface area contributed by atoms with E-state index < -0.39 is 0 Å². The maximum Gasteiger partial charge on any atom is 0.0169 e. The van der Waals surface area contributed by atoms with Crippen LogP contribution >= 0.6 is 12.4 Å². The minimum atomic E-state index is 0. The van der Waals surface area contributed by atoms with Gasteiger partial charge in [0.15, 0.2) is 0 Å². The molecule has 0 spiro atoms. The van der Waals surface area contributed by atoms with Crippen molar-refractivity contribution in [2.45, 2.75) is 33.6 Å². The molecule has 0 aromatic rings. The molecule has 68 valence electrons. The van der Waals surface area contributed by atoms with E-state index in [0.717, 1.165) is 0 Å². The highest BCUT2D eigenvalue weighted by molar-refractivity contribution is 5.85. The third-order valence-corrected chi connectivity index (χ3v) is 1.38. The molecule has 2 heteroatoms. The molecule has 0 saturated carbocycles. The van der Waals surface area contributed by atoms with Crippen LogP contribution in [-0.2, 0) is 0 Å². The molecule has 0 N–H and O–H groups in total. The Morgan fingerprint density at radius 1 is 1.09 bits per heavy atom. The summed E-state index contributed by atoms with van der Waals surface area (Å²) in [7, 11) is 0. The van der Waals surface area contributed by atoms with Crippen LogP contribution in [0, 0.1) is 0 Å². The fourth-order valence-electron chi connectivity index (χ4n) is 1.05. The monoisotopic (exact) mass is 177 g/mol. The van der Waals surface area contributed by atoms with E-state index in [1.807, 2.05) is 0 Å². The highest BCUT2D eigenvalue weighted by Gasteiger charge is 1.92. The van der Waals surface area contributed by atoms with Crippen LogP contribution in [0.4, 0.5) is 0 Å². The standard InChI is InChI=1S/C9H19N.ClH/c1-4-7-10(8-5-2)9-6-3;/h4,7H,5-6,8-9H2,1-3H3;1H. The molecule has 0 rings (SSSR count). The molecule has 0 unspecified atom stereocenters. The summed E-state index contributed by atoms with van der Waals surface area (Å²) in [5.74, 6) is 0. The summed E-state index contributed by atoms with van der Waals surface area (Å²) in [4.78, 5) is 2.36. The van der Waals surface area contributed by atoms with Crippen LogP contribution in [0.25, 0.3) is 0 Å². The first-order valence-corrected chi connectivity index (χ1v) is 4.22. The largest absolute Gasteiger partial charge is 0.378 e. The zero-order valence-electron chi connectivity index (χ0n) is 7.84. The lowest BCUT2D eigenvalue weighted by Gasteiger charge is -2.17. The average molecular weight is 178 g/mol. The molecule has 0 aliphatic carbocycles. The number of hydrogen-bond donors (Lipinski definition) is 0. The molecule has 1 nitrogen and oxygen atoms in total. The quantitative estimate of drug-likeness (QED) is 0.624. The van der Waals surface area contributed by atoms with E-state index in [1.165, 1.54) is 25.9 Å². The first-order valence-electron chi connectivity index (χ1n) is 4.22. The number of allylic oxidation sites excluding steroid dienone is 1. The van der Waals surface area contributed by atoms with Gasteiger partial charge in [-0.1, -0.05) is 19.9 Å². The molecule has 0 fully saturated rings. The van der Waals surface area contributed by atoms with Gasteiger partial charge in [0.25, 0.3) is 0 Å². The average Bonchev–Trinajstić information content (AvgIpc) is 1.90. The van der Waals surface area contributed by atoms with Gasteiger partial charge in [-0.2, -0.15) is 0 Å². The second-order valence-electron chi connectivity index (χ2n) is 2.52. The van der Waals surface area contributed by atoms with Gasteiger partial charge in [0.05, 0.1) is 0 Å². The Balaban J connectivity index is 0. The van der Waals surface area contributed by atoms with E-state index in [4.69, 9.17) is 0 Å². The Morgan fingerprint density at radius 2 is 1.55 bits per heavy atom. The van der Waals surface area contributed by atoms with E-state index >= 15 is 0 Å². The maximum atomic E-state index is 2.36. The van der Waals surface area contributed by atoms with Gasteiger partial charge in [0.2, 0.25) is 0 Å². The summed E-state index contributed by atoms with van der Waals surface area (Å²) in [6.45, 7) is 8.88. The predicted molar refractivity (Wildman–Crippen MR) is 54.2 cm³/mol. The molecule has 11 heavy (non-hydrogen) atoms. The van der Waals surface area contributed by atoms with Crippen LogP contribution in [0.3, 0.4) is 0 Å². The second kappa shape index (κ2) is 9.83. The second-order valence-corrected chi connectivity index (χ2v) is 2.52. The Kier molecular flexibility index (Phi) is 12.0. The molecular weight excluding hydrogens is 158 g/mol. The van der Waals surface area contributed by atoms with E-state index in [0.29, 0.717) is 0 Å². The summed E-state index contributed by atoms with van der Waals surface area (Å²) >= 11 is 0. The van der Waals surface area contributed by atoms with Crippen molar-refractivity contribution in [2.75, 3.05) is 13.1 Å². The van der Waals surface area contributed by atoms with Gasteiger partial charge in [-0.3, -0.25) is 0 Å². The lowest BCUT2D eigenvalue weighted by atomic mass is 10.4. The van der Waals surface area contributed by atoms with Crippen LogP contribution in [0.1, 0.15) is 33.6 Å². The molecule has 0 aromatic carbocycles. The van der Waals surface area contributed by atoms with Crippen LogP contribution < -0.4 is 0 Å². The van der Waals surface area contributed by atoms with E-state index in [9.17, 15) is 0 Å². The number of nitrogens with zero attached hydrogens (tertiary/aromatic N) is 1. The van der Waals surface area contributed by atoms with Crippen molar-refractivity contribution in [1.29, 1.82) is 0 Å². The van der Waals surface area contributed by atoms with Crippen molar-refractivity contribution in [2.24, 2.45) is 0 Å². The Labute approximate surface area is 76.9 Å². The van der Waals surface area contributed by atoms with Crippen molar-refractivity contribution < 1.29 is 0 Å². The van der Waals surface area contributed by atoms with E-state index in [2.05, 4.69) is 37.9 Å². The highest BCUT2D eigenvalue weighted by atomic mass is 35.5. The first kappa shape index (κ1) is 13.4. The summed E-state index contributed by atoms with van der Waals surface area (Å²) in [5.41, 5.74) is 0. The van der Waals surface area contributed by atoms with Gasteiger partial charge < -0.3 is 4.90 Å². The first-order chi connectivity index (χ1) is 4.85. The van der Waals surface area contributed by atoms with Gasteiger partial charge in [-0.25, -0.2) is 0 Å². The molecule has 0 bridgehead atoms. The Hall–Kier alpha value is -0.170. The molecule has 0 saturated heterocycles. The molecule has 0 radical (unpaired) electrons. The van der Waals surface area contributed by atoms with E-state index in [1.54, 1.807) is 0 Å². The molecule has 0 atom stereocenters. The zero-order valence-corrected chi connectivity index (χ0v) is 8.66. The third kappa shape index (κ3) is 7.73. The third-order valence-electron chi connectivity index (χ3n) is 1.38. The smallest absolute Gasteiger partial charge is 0.0169 e. The minimum Gasteiger partial charge on any atom is -0.378 e. The predicted octanol–water partition coefficient (Wildman–Crippen LogP) is 3.06. The lowest BCUT2D eigenvalue weighted by Crippen LogP contribution is -2.18. The molecule has 0 aliphatic heterocycles. The van der Waals surface area contributed by atoms with Crippen LogP contribution in [0.5, 0.6) is 0 Å². The van der Waals surface area contributed by atoms with Gasteiger partial charge >= 0.3 is 0 Å². The highest BCUT2D eigenvalue weighted by Crippen LogP contribution is 1.94. The molecule has 0 aliphatic rings. The Bertz CT molecular complexity index is 85.6. The SMILES string of the molecule is CC=CN(CCC)CCC.Cl. The summed E-state index contributed by atoms with van der Waals surface area (Å²) in [5, 5.41) is 0. The van der Waals surface area contributed by atoms with Crippen molar-refractivity contribution >= 4 is 12.4 Å². The fraction of sp³-hybridized carbons (Fsp3) is 0.778. The molecule has 0 amide bonds. The van der Waals surface area contributed by atoms with Crippen molar-refractivity contribution in [1.82, 2.24) is 4.90 Å². The lowest BCUT2D eigenvalue weighted by molar-refractivity contribution is 0.375. The minimum absolute atomic E-state index is 0.